The summed E-state index contributed by atoms with van der Waals surface area (Å²) in [5, 5.41) is 21.3. The largest absolute Gasteiger partial charge is 0.330 e. The SMILES string of the molecule is CCn1ncc(Cn2cc(NC(=S)Nc3cc(C)n(Cc4ccc(Cl)cc4Cl)n3)cn2)c1C. The first-order valence-corrected chi connectivity index (χ1v) is 11.6. The molecular weight excluding hydrogens is 479 g/mol. The number of nitrogens with one attached hydrogen (secondary N) is 2. The van der Waals surface area contributed by atoms with Crippen LogP contribution in [0.15, 0.2) is 42.9 Å². The van der Waals surface area contributed by atoms with Gasteiger partial charge in [0.15, 0.2) is 10.9 Å². The van der Waals surface area contributed by atoms with Gasteiger partial charge in [-0.1, -0.05) is 29.3 Å². The van der Waals surface area contributed by atoms with Crippen molar-refractivity contribution in [2.24, 2.45) is 0 Å². The lowest BCUT2D eigenvalue weighted by Gasteiger charge is -2.08. The van der Waals surface area contributed by atoms with E-state index in [2.05, 4.69) is 39.8 Å². The van der Waals surface area contributed by atoms with Gasteiger partial charge < -0.3 is 10.6 Å². The van der Waals surface area contributed by atoms with E-state index in [0.29, 0.717) is 34.1 Å². The van der Waals surface area contributed by atoms with Crippen molar-refractivity contribution in [2.45, 2.75) is 40.4 Å². The molecule has 0 saturated carbocycles. The summed E-state index contributed by atoms with van der Waals surface area (Å²) in [6.07, 6.45) is 5.53. The van der Waals surface area contributed by atoms with Crippen LogP contribution in [0.25, 0.3) is 0 Å². The zero-order valence-corrected chi connectivity index (χ0v) is 20.8. The number of nitrogens with zero attached hydrogens (tertiary/aromatic N) is 6. The summed E-state index contributed by atoms with van der Waals surface area (Å²) in [6, 6.07) is 7.37. The highest BCUT2D eigenvalue weighted by Crippen LogP contribution is 2.22. The number of thiocarbonyl (C=S) groups is 1. The van der Waals surface area contributed by atoms with E-state index in [1.165, 1.54) is 0 Å². The van der Waals surface area contributed by atoms with Gasteiger partial charge in [-0.05, 0) is 50.7 Å². The van der Waals surface area contributed by atoms with Gasteiger partial charge in [0.1, 0.15) is 0 Å². The Morgan fingerprint density at radius 2 is 1.82 bits per heavy atom. The highest BCUT2D eigenvalue weighted by molar-refractivity contribution is 7.80. The van der Waals surface area contributed by atoms with Crippen LogP contribution in [0.3, 0.4) is 0 Å². The van der Waals surface area contributed by atoms with Crippen molar-refractivity contribution in [3.8, 4) is 0 Å². The first kappa shape index (κ1) is 23.3. The molecule has 0 fully saturated rings. The minimum Gasteiger partial charge on any atom is -0.330 e. The predicted molar refractivity (Wildman–Crippen MR) is 136 cm³/mol. The Bertz CT molecular complexity index is 1290. The number of halogens is 2. The summed E-state index contributed by atoms with van der Waals surface area (Å²) in [7, 11) is 0. The Kier molecular flexibility index (Phi) is 7.02. The second-order valence-electron chi connectivity index (χ2n) is 7.64. The van der Waals surface area contributed by atoms with Crippen LogP contribution in [0.1, 0.15) is 29.4 Å². The van der Waals surface area contributed by atoms with Gasteiger partial charge >= 0.3 is 0 Å². The molecule has 33 heavy (non-hydrogen) atoms. The molecule has 0 aliphatic heterocycles. The average Bonchev–Trinajstić information content (AvgIpc) is 3.44. The molecule has 2 N–H and O–H groups in total. The molecule has 0 bridgehead atoms. The van der Waals surface area contributed by atoms with E-state index in [0.717, 1.165) is 34.7 Å². The lowest BCUT2D eigenvalue weighted by Crippen LogP contribution is -2.19. The Morgan fingerprint density at radius 1 is 1.00 bits per heavy atom. The normalized spacial score (nSPS) is 11.1. The van der Waals surface area contributed by atoms with Crippen molar-refractivity contribution in [1.82, 2.24) is 29.3 Å². The van der Waals surface area contributed by atoms with Gasteiger partial charge in [0, 0.05) is 45.8 Å². The molecular formula is C22H24Cl2N8S. The minimum atomic E-state index is 0.429. The molecule has 0 radical (unpaired) electrons. The minimum absolute atomic E-state index is 0.429. The fraction of sp³-hybridized carbons (Fsp3) is 0.273. The quantitative estimate of drug-likeness (QED) is 0.341. The number of aryl methyl sites for hydroxylation is 2. The van der Waals surface area contributed by atoms with Crippen LogP contribution < -0.4 is 10.6 Å². The van der Waals surface area contributed by atoms with Crippen molar-refractivity contribution >= 4 is 52.0 Å². The third-order valence-corrected chi connectivity index (χ3v) is 6.08. The zero-order chi connectivity index (χ0) is 23.5. The molecule has 0 amide bonds. The van der Waals surface area contributed by atoms with Gasteiger partial charge in [-0.15, -0.1) is 0 Å². The third-order valence-electron chi connectivity index (χ3n) is 5.29. The molecule has 4 aromatic rings. The standard InChI is InChI=1S/C22H24Cl2N8S/c1-4-31-15(3)17(9-26-31)11-30-13-19(10-25-30)27-22(33)28-21-7-14(2)32(29-21)12-16-5-6-18(23)8-20(16)24/h5-10,13H,4,11-12H2,1-3H3,(H2,27,28,29,33). The molecule has 1 aromatic carbocycles. The van der Waals surface area contributed by atoms with Gasteiger partial charge in [-0.3, -0.25) is 14.0 Å². The van der Waals surface area contributed by atoms with Gasteiger partial charge in [-0.2, -0.15) is 15.3 Å². The van der Waals surface area contributed by atoms with Crippen molar-refractivity contribution in [1.29, 1.82) is 0 Å². The molecule has 0 aliphatic carbocycles. The maximum Gasteiger partial charge on any atom is 0.176 e. The second-order valence-corrected chi connectivity index (χ2v) is 8.89. The number of aromatic nitrogens is 6. The Morgan fingerprint density at radius 3 is 2.55 bits per heavy atom. The summed E-state index contributed by atoms with van der Waals surface area (Å²) in [4.78, 5) is 0. The fourth-order valence-electron chi connectivity index (χ4n) is 3.47. The number of benzene rings is 1. The van der Waals surface area contributed by atoms with Gasteiger partial charge in [0.2, 0.25) is 0 Å². The number of hydrogen-bond donors (Lipinski definition) is 2. The van der Waals surface area contributed by atoms with E-state index in [1.54, 1.807) is 12.3 Å². The van der Waals surface area contributed by atoms with Crippen molar-refractivity contribution in [3.05, 3.63) is 75.4 Å². The van der Waals surface area contributed by atoms with Crippen molar-refractivity contribution in [2.75, 3.05) is 10.6 Å². The average molecular weight is 503 g/mol. The number of rotatable bonds is 7. The van der Waals surface area contributed by atoms with E-state index in [4.69, 9.17) is 35.4 Å². The molecule has 172 valence electrons. The van der Waals surface area contributed by atoms with Gasteiger partial charge in [0.05, 0.1) is 31.2 Å². The first-order valence-electron chi connectivity index (χ1n) is 10.4. The molecule has 0 unspecified atom stereocenters. The number of anilines is 2. The summed E-state index contributed by atoms with van der Waals surface area (Å²) < 4.78 is 5.68. The van der Waals surface area contributed by atoms with E-state index < -0.39 is 0 Å². The fourth-order valence-corrected chi connectivity index (χ4v) is 4.16. The lowest BCUT2D eigenvalue weighted by molar-refractivity contribution is 0.633. The second kappa shape index (κ2) is 9.94. The van der Waals surface area contributed by atoms with Crippen LogP contribution in [-0.2, 0) is 19.6 Å². The number of hydrogen-bond acceptors (Lipinski definition) is 4. The summed E-state index contributed by atoms with van der Waals surface area (Å²) >= 11 is 17.7. The van der Waals surface area contributed by atoms with Crippen LogP contribution in [-0.4, -0.2) is 34.5 Å². The van der Waals surface area contributed by atoms with E-state index in [1.807, 2.05) is 51.6 Å². The van der Waals surface area contributed by atoms with E-state index in [9.17, 15) is 0 Å². The van der Waals surface area contributed by atoms with Gasteiger partial charge in [-0.25, -0.2) is 0 Å². The van der Waals surface area contributed by atoms with Crippen LogP contribution in [0, 0.1) is 13.8 Å². The van der Waals surface area contributed by atoms with Crippen molar-refractivity contribution < 1.29 is 0 Å². The van der Waals surface area contributed by atoms with Crippen LogP contribution in [0.5, 0.6) is 0 Å². The highest BCUT2D eigenvalue weighted by Gasteiger charge is 2.11. The third kappa shape index (κ3) is 5.55. The monoisotopic (exact) mass is 502 g/mol. The Hall–Kier alpha value is -2.88. The van der Waals surface area contributed by atoms with Crippen molar-refractivity contribution in [3.63, 3.8) is 0 Å². The Balaban J connectivity index is 1.36. The highest BCUT2D eigenvalue weighted by atomic mass is 35.5. The van der Waals surface area contributed by atoms with Crippen LogP contribution >= 0.6 is 35.4 Å². The maximum absolute atomic E-state index is 6.30. The molecule has 0 spiro atoms. The topological polar surface area (TPSA) is 77.5 Å². The molecule has 0 aliphatic rings. The van der Waals surface area contributed by atoms with E-state index >= 15 is 0 Å². The summed E-state index contributed by atoms with van der Waals surface area (Å²) in [5.41, 5.74) is 4.98. The summed E-state index contributed by atoms with van der Waals surface area (Å²) in [6.45, 7) is 8.14. The van der Waals surface area contributed by atoms with Gasteiger partial charge in [0.25, 0.3) is 0 Å². The maximum atomic E-state index is 6.30. The molecule has 3 heterocycles. The Labute approximate surface area is 207 Å². The summed E-state index contributed by atoms with van der Waals surface area (Å²) in [5.74, 6) is 0.644. The molecule has 0 saturated heterocycles. The molecule has 3 aromatic heterocycles. The predicted octanol–water partition coefficient (Wildman–Crippen LogP) is 5.13. The molecule has 4 rings (SSSR count). The van der Waals surface area contributed by atoms with E-state index in [-0.39, 0.29) is 0 Å². The lowest BCUT2D eigenvalue weighted by atomic mass is 10.2. The van der Waals surface area contributed by atoms with Crippen LogP contribution in [0.2, 0.25) is 10.0 Å². The molecule has 8 nitrogen and oxygen atoms in total. The first-order chi connectivity index (χ1) is 15.8. The molecule has 0 atom stereocenters. The van der Waals surface area contributed by atoms with Crippen LogP contribution in [0.4, 0.5) is 11.5 Å². The molecule has 11 heteroatoms. The zero-order valence-electron chi connectivity index (χ0n) is 18.5. The smallest absolute Gasteiger partial charge is 0.176 e.